The Morgan fingerprint density at radius 1 is 1.89 bits per heavy atom. The highest BCUT2D eigenvalue weighted by molar-refractivity contribution is 5.44. The van der Waals surface area contributed by atoms with Gasteiger partial charge in [0.15, 0.2) is 5.82 Å². The topological polar surface area (TPSA) is 67.1 Å². The summed E-state index contributed by atoms with van der Waals surface area (Å²) in [6.07, 6.45) is 1.64. The molecule has 4 heteroatoms. The Balaban J connectivity index is 2.98. The van der Waals surface area contributed by atoms with Gasteiger partial charge in [0.05, 0.1) is 6.20 Å². The van der Waals surface area contributed by atoms with E-state index in [1.54, 1.807) is 6.20 Å². The summed E-state index contributed by atoms with van der Waals surface area (Å²) in [6, 6.07) is 0. The van der Waals surface area contributed by atoms with Crippen molar-refractivity contribution < 1.29 is 0 Å². The van der Waals surface area contributed by atoms with Gasteiger partial charge in [-0.2, -0.15) is 5.10 Å². The fraction of sp³-hybridized carbons (Fsp3) is 0.200. The molecule has 1 heterocycles. The van der Waals surface area contributed by atoms with Crippen molar-refractivity contribution in [3.05, 3.63) is 11.8 Å². The third-order valence-corrected chi connectivity index (χ3v) is 1.07. The highest BCUT2D eigenvalue weighted by Gasteiger charge is 1.97. The quantitative estimate of drug-likeness (QED) is 0.553. The molecule has 1 aromatic heterocycles. The van der Waals surface area contributed by atoms with Crippen LogP contribution in [0.5, 0.6) is 0 Å². The summed E-state index contributed by atoms with van der Waals surface area (Å²) in [5.74, 6) is 0.664. The smallest absolute Gasteiger partial charge is 0.151 e. The Morgan fingerprint density at radius 2 is 2.67 bits per heavy atom. The molecule has 0 saturated heterocycles. The number of nitrogens with one attached hydrogen (secondary N) is 1. The van der Waals surface area contributed by atoms with E-state index < -0.39 is 0 Å². The molecular weight excluding hydrogens is 116 g/mol. The molecule has 0 aromatic carbocycles. The zero-order chi connectivity index (χ0) is 6.69. The van der Waals surface area contributed by atoms with Gasteiger partial charge in [0.2, 0.25) is 0 Å². The minimum atomic E-state index is 0.449. The van der Waals surface area contributed by atoms with Gasteiger partial charge in [-0.3, -0.25) is 5.10 Å². The first-order valence-electron chi connectivity index (χ1n) is 2.57. The maximum absolute atomic E-state index is 5.32. The van der Waals surface area contributed by atoms with E-state index in [1.807, 2.05) is 0 Å². The highest BCUT2D eigenvalue weighted by Crippen LogP contribution is 2.11. The monoisotopic (exact) mass is 124 g/mol. The number of hydrogen-bond donors (Lipinski definition) is 2. The SMILES string of the molecule is C=Nc1[nH]ncc1CN. The molecule has 0 aliphatic rings. The predicted molar refractivity (Wildman–Crippen MR) is 35.7 cm³/mol. The molecule has 3 N–H and O–H groups in total. The van der Waals surface area contributed by atoms with Crippen molar-refractivity contribution in [3.63, 3.8) is 0 Å². The molecule has 0 atom stereocenters. The van der Waals surface area contributed by atoms with E-state index in [2.05, 4.69) is 21.9 Å². The Labute approximate surface area is 52.8 Å². The summed E-state index contributed by atoms with van der Waals surface area (Å²) in [4.78, 5) is 3.65. The van der Waals surface area contributed by atoms with E-state index in [4.69, 9.17) is 5.73 Å². The summed E-state index contributed by atoms with van der Waals surface area (Å²) in [6.45, 7) is 3.78. The number of nitrogens with two attached hydrogens (primary N) is 1. The Hall–Kier alpha value is -1.16. The number of H-pyrrole nitrogens is 1. The van der Waals surface area contributed by atoms with Crippen molar-refractivity contribution in [1.29, 1.82) is 0 Å². The molecule has 1 rings (SSSR count). The van der Waals surface area contributed by atoms with Crippen LogP contribution in [0.3, 0.4) is 0 Å². The van der Waals surface area contributed by atoms with Crippen molar-refractivity contribution in [2.24, 2.45) is 10.7 Å². The van der Waals surface area contributed by atoms with Crippen molar-refractivity contribution in [3.8, 4) is 0 Å². The van der Waals surface area contributed by atoms with E-state index in [1.165, 1.54) is 0 Å². The number of aliphatic imine (C=N–C) groups is 1. The normalized spacial score (nSPS) is 9.44. The van der Waals surface area contributed by atoms with Gasteiger partial charge in [-0.1, -0.05) is 0 Å². The van der Waals surface area contributed by atoms with Gasteiger partial charge < -0.3 is 5.73 Å². The fourth-order valence-corrected chi connectivity index (χ4v) is 0.591. The Morgan fingerprint density at radius 3 is 3.11 bits per heavy atom. The number of rotatable bonds is 2. The average molecular weight is 124 g/mol. The Kier molecular flexibility index (Phi) is 1.60. The van der Waals surface area contributed by atoms with Crippen LogP contribution in [0, 0.1) is 0 Å². The number of hydrogen-bond acceptors (Lipinski definition) is 3. The lowest BCUT2D eigenvalue weighted by Gasteiger charge is -1.87. The van der Waals surface area contributed by atoms with Crippen LogP contribution in [0.25, 0.3) is 0 Å². The minimum absolute atomic E-state index is 0.449. The number of aromatic nitrogens is 2. The van der Waals surface area contributed by atoms with Gasteiger partial charge in [0.25, 0.3) is 0 Å². The van der Waals surface area contributed by atoms with Crippen LogP contribution in [-0.2, 0) is 6.54 Å². The summed E-state index contributed by atoms with van der Waals surface area (Å²) >= 11 is 0. The molecule has 0 radical (unpaired) electrons. The van der Waals surface area contributed by atoms with Crippen LogP contribution in [0.2, 0.25) is 0 Å². The molecule has 9 heavy (non-hydrogen) atoms. The molecule has 0 unspecified atom stereocenters. The Bertz CT molecular complexity index is 202. The number of aromatic amines is 1. The van der Waals surface area contributed by atoms with Gasteiger partial charge in [-0.15, -0.1) is 0 Å². The van der Waals surface area contributed by atoms with Crippen LogP contribution in [0.15, 0.2) is 11.2 Å². The standard InChI is InChI=1S/C5H8N4/c1-7-5-4(2-6)3-8-9-5/h3H,1-2,6H2,(H,8,9). The van der Waals surface area contributed by atoms with E-state index in [-0.39, 0.29) is 0 Å². The lowest BCUT2D eigenvalue weighted by atomic mass is 10.3. The van der Waals surface area contributed by atoms with Gasteiger partial charge in [0, 0.05) is 12.1 Å². The van der Waals surface area contributed by atoms with Crippen LogP contribution < -0.4 is 5.73 Å². The third kappa shape index (κ3) is 0.972. The van der Waals surface area contributed by atoms with Crippen LogP contribution >= 0.6 is 0 Å². The highest BCUT2D eigenvalue weighted by atomic mass is 15.2. The molecular formula is C5H8N4. The first-order valence-corrected chi connectivity index (χ1v) is 2.57. The molecule has 0 bridgehead atoms. The van der Waals surface area contributed by atoms with Crippen molar-refractivity contribution in [1.82, 2.24) is 10.2 Å². The fourth-order valence-electron chi connectivity index (χ4n) is 0.591. The largest absolute Gasteiger partial charge is 0.326 e. The molecule has 4 nitrogen and oxygen atoms in total. The third-order valence-electron chi connectivity index (χ3n) is 1.07. The maximum atomic E-state index is 5.32. The average Bonchev–Trinajstić information content (AvgIpc) is 2.33. The van der Waals surface area contributed by atoms with E-state index in [0.717, 1.165) is 5.56 Å². The first kappa shape index (κ1) is 5.97. The van der Waals surface area contributed by atoms with Crippen molar-refractivity contribution in [2.75, 3.05) is 0 Å². The molecule has 1 aromatic rings. The first-order chi connectivity index (χ1) is 4.38. The molecule has 0 amide bonds. The lowest BCUT2D eigenvalue weighted by molar-refractivity contribution is 1.07. The summed E-state index contributed by atoms with van der Waals surface area (Å²) in [5, 5.41) is 6.37. The second kappa shape index (κ2) is 2.41. The van der Waals surface area contributed by atoms with E-state index in [9.17, 15) is 0 Å². The summed E-state index contributed by atoms with van der Waals surface area (Å²) in [5.41, 5.74) is 6.22. The van der Waals surface area contributed by atoms with Gasteiger partial charge in [-0.25, -0.2) is 4.99 Å². The number of nitrogens with zero attached hydrogens (tertiary/aromatic N) is 2. The lowest BCUT2D eigenvalue weighted by Crippen LogP contribution is -1.93. The molecule has 48 valence electrons. The second-order valence-electron chi connectivity index (χ2n) is 1.61. The molecule has 0 aliphatic carbocycles. The van der Waals surface area contributed by atoms with Gasteiger partial charge in [0.1, 0.15) is 0 Å². The molecule has 0 aliphatic heterocycles. The van der Waals surface area contributed by atoms with E-state index >= 15 is 0 Å². The molecule has 0 fully saturated rings. The van der Waals surface area contributed by atoms with Crippen molar-refractivity contribution >= 4 is 12.5 Å². The minimum Gasteiger partial charge on any atom is -0.326 e. The van der Waals surface area contributed by atoms with E-state index in [0.29, 0.717) is 12.4 Å². The zero-order valence-corrected chi connectivity index (χ0v) is 4.96. The molecule has 0 spiro atoms. The van der Waals surface area contributed by atoms with Gasteiger partial charge in [-0.05, 0) is 6.72 Å². The van der Waals surface area contributed by atoms with Crippen LogP contribution in [0.4, 0.5) is 5.82 Å². The van der Waals surface area contributed by atoms with Crippen LogP contribution in [0.1, 0.15) is 5.56 Å². The van der Waals surface area contributed by atoms with Crippen molar-refractivity contribution in [2.45, 2.75) is 6.54 Å². The summed E-state index contributed by atoms with van der Waals surface area (Å²) in [7, 11) is 0. The summed E-state index contributed by atoms with van der Waals surface area (Å²) < 4.78 is 0. The van der Waals surface area contributed by atoms with Gasteiger partial charge >= 0.3 is 0 Å². The predicted octanol–water partition coefficient (Wildman–Crippen LogP) is 0.201. The molecule has 0 saturated carbocycles. The maximum Gasteiger partial charge on any atom is 0.151 e. The zero-order valence-electron chi connectivity index (χ0n) is 4.96. The second-order valence-corrected chi connectivity index (χ2v) is 1.61. The van der Waals surface area contributed by atoms with Crippen LogP contribution in [-0.4, -0.2) is 16.9 Å².